The molecule has 7 heteroatoms. The zero-order valence-electron chi connectivity index (χ0n) is 8.10. The second kappa shape index (κ2) is 4.08. The molecule has 1 fully saturated rings. The number of carbonyl (C=O) groups is 2. The lowest BCUT2D eigenvalue weighted by Gasteiger charge is -2.32. The van der Waals surface area contributed by atoms with Crippen LogP contribution in [0.25, 0.3) is 0 Å². The van der Waals surface area contributed by atoms with Crippen molar-refractivity contribution in [2.24, 2.45) is 0 Å². The van der Waals surface area contributed by atoms with Crippen LogP contribution in [0.15, 0.2) is 0 Å². The molecule has 1 rings (SSSR count). The van der Waals surface area contributed by atoms with Crippen molar-refractivity contribution in [3.05, 3.63) is 0 Å². The first kappa shape index (κ1) is 11.8. The van der Waals surface area contributed by atoms with Gasteiger partial charge in [0.25, 0.3) is 0 Å². The molecule has 0 aromatic carbocycles. The predicted octanol–water partition coefficient (Wildman–Crippen LogP) is 0.286. The molecule has 1 atom stereocenters. The molecule has 1 aliphatic rings. The molecular weight excluding hydrogens is 213 g/mol. The van der Waals surface area contributed by atoms with E-state index in [-0.39, 0.29) is 6.54 Å². The number of piperazine rings is 1. The van der Waals surface area contributed by atoms with Gasteiger partial charge in [-0.2, -0.15) is 13.2 Å². The number of hydrogen-bond acceptors (Lipinski definition) is 2. The minimum absolute atomic E-state index is 0.221. The number of hydrogen-bond donors (Lipinski definition) is 1. The molecule has 1 heterocycles. The fraction of sp³-hybridized carbons (Fsp3) is 0.750. The Kier molecular flexibility index (Phi) is 3.21. The van der Waals surface area contributed by atoms with Gasteiger partial charge in [0.1, 0.15) is 6.04 Å². The zero-order valence-corrected chi connectivity index (χ0v) is 8.10. The van der Waals surface area contributed by atoms with Crippen LogP contribution in [0, 0.1) is 0 Å². The average molecular weight is 224 g/mol. The normalized spacial score (nSPS) is 22.9. The molecule has 0 saturated carbocycles. The van der Waals surface area contributed by atoms with Crippen molar-refractivity contribution in [1.29, 1.82) is 0 Å². The highest BCUT2D eigenvalue weighted by Crippen LogP contribution is 2.20. The van der Waals surface area contributed by atoms with Crippen LogP contribution in [0.2, 0.25) is 0 Å². The third-order valence-corrected chi connectivity index (χ3v) is 2.22. The van der Waals surface area contributed by atoms with Gasteiger partial charge in [-0.25, -0.2) is 0 Å². The van der Waals surface area contributed by atoms with Crippen molar-refractivity contribution in [2.75, 3.05) is 13.1 Å². The molecule has 0 bridgehead atoms. The van der Waals surface area contributed by atoms with Crippen LogP contribution < -0.4 is 5.32 Å². The van der Waals surface area contributed by atoms with E-state index in [2.05, 4.69) is 5.32 Å². The van der Waals surface area contributed by atoms with E-state index < -0.39 is 37.0 Å². The lowest BCUT2D eigenvalue weighted by Crippen LogP contribution is -2.57. The number of amides is 2. The summed E-state index contributed by atoms with van der Waals surface area (Å²) >= 11 is 0. The fourth-order valence-corrected chi connectivity index (χ4v) is 1.34. The summed E-state index contributed by atoms with van der Waals surface area (Å²) in [5.74, 6) is -0.900. The van der Waals surface area contributed by atoms with Gasteiger partial charge in [0.05, 0.1) is 13.0 Å². The lowest BCUT2D eigenvalue weighted by molar-refractivity contribution is -0.154. The summed E-state index contributed by atoms with van der Waals surface area (Å²) in [4.78, 5) is 23.3. The summed E-state index contributed by atoms with van der Waals surface area (Å²) in [6.07, 6.45) is -5.40. The van der Waals surface area contributed by atoms with E-state index in [1.807, 2.05) is 0 Å². The molecule has 0 spiro atoms. The number of nitrogens with one attached hydrogen (secondary N) is 1. The topological polar surface area (TPSA) is 49.4 Å². The van der Waals surface area contributed by atoms with E-state index in [9.17, 15) is 22.8 Å². The Balaban J connectivity index is 2.58. The second-order valence-corrected chi connectivity index (χ2v) is 3.35. The molecule has 1 aliphatic heterocycles. The largest absolute Gasteiger partial charge is 0.390 e. The maximum Gasteiger partial charge on any atom is 0.390 e. The van der Waals surface area contributed by atoms with Crippen molar-refractivity contribution in [2.45, 2.75) is 25.6 Å². The maximum absolute atomic E-state index is 11.9. The van der Waals surface area contributed by atoms with E-state index in [1.165, 1.54) is 6.92 Å². The van der Waals surface area contributed by atoms with Crippen molar-refractivity contribution >= 4 is 11.8 Å². The Morgan fingerprint density at radius 3 is 2.60 bits per heavy atom. The van der Waals surface area contributed by atoms with E-state index in [4.69, 9.17) is 0 Å². The Morgan fingerprint density at radius 1 is 1.47 bits per heavy atom. The maximum atomic E-state index is 11.9. The third kappa shape index (κ3) is 3.10. The molecule has 15 heavy (non-hydrogen) atoms. The molecule has 4 nitrogen and oxygen atoms in total. The molecule has 0 aromatic rings. The molecular formula is C8H11F3N2O2. The summed E-state index contributed by atoms with van der Waals surface area (Å²) in [6, 6.07) is -0.825. The van der Waals surface area contributed by atoms with Gasteiger partial charge in [-0.15, -0.1) is 0 Å². The first-order valence-electron chi connectivity index (χ1n) is 4.45. The highest BCUT2D eigenvalue weighted by atomic mass is 19.4. The van der Waals surface area contributed by atoms with Crippen LogP contribution in [-0.2, 0) is 9.59 Å². The van der Waals surface area contributed by atoms with Crippen molar-refractivity contribution in [3.63, 3.8) is 0 Å². The number of halogens is 3. The minimum atomic E-state index is -4.31. The summed E-state index contributed by atoms with van der Waals surface area (Å²) in [5, 5.41) is 2.30. The van der Waals surface area contributed by atoms with Gasteiger partial charge < -0.3 is 10.2 Å². The zero-order chi connectivity index (χ0) is 11.6. The average Bonchev–Trinajstić information content (AvgIpc) is 2.10. The van der Waals surface area contributed by atoms with Gasteiger partial charge >= 0.3 is 6.18 Å². The number of rotatable bonds is 2. The first-order valence-corrected chi connectivity index (χ1v) is 4.45. The van der Waals surface area contributed by atoms with Crippen LogP contribution in [0.3, 0.4) is 0 Å². The Bertz CT molecular complexity index is 278. The van der Waals surface area contributed by atoms with E-state index in [0.717, 1.165) is 4.90 Å². The molecule has 86 valence electrons. The highest BCUT2D eigenvalue weighted by molar-refractivity contribution is 5.94. The smallest absolute Gasteiger partial charge is 0.345 e. The molecule has 0 aromatic heterocycles. The Morgan fingerprint density at radius 2 is 2.07 bits per heavy atom. The quantitative estimate of drug-likeness (QED) is 0.732. The van der Waals surface area contributed by atoms with Crippen LogP contribution >= 0.6 is 0 Å². The summed E-state index contributed by atoms with van der Waals surface area (Å²) in [7, 11) is 0. The monoisotopic (exact) mass is 224 g/mol. The van der Waals surface area contributed by atoms with Crippen LogP contribution in [0.5, 0.6) is 0 Å². The molecule has 1 N–H and O–H groups in total. The van der Waals surface area contributed by atoms with Gasteiger partial charge in [-0.1, -0.05) is 0 Å². The van der Waals surface area contributed by atoms with Gasteiger partial charge in [-0.05, 0) is 6.92 Å². The Labute approximate surface area is 84.4 Å². The van der Waals surface area contributed by atoms with Gasteiger partial charge in [0, 0.05) is 6.54 Å². The van der Waals surface area contributed by atoms with Crippen LogP contribution in [0.4, 0.5) is 13.2 Å². The van der Waals surface area contributed by atoms with Gasteiger partial charge in [0.2, 0.25) is 11.8 Å². The fourth-order valence-electron chi connectivity index (χ4n) is 1.34. The van der Waals surface area contributed by atoms with Gasteiger partial charge in [-0.3, -0.25) is 9.59 Å². The molecule has 0 radical (unpaired) electrons. The number of carbonyl (C=O) groups excluding carboxylic acids is 2. The molecule has 1 saturated heterocycles. The first-order chi connectivity index (χ1) is 6.81. The van der Waals surface area contributed by atoms with Gasteiger partial charge in [0.15, 0.2) is 0 Å². The van der Waals surface area contributed by atoms with E-state index in [1.54, 1.807) is 0 Å². The molecule has 1 unspecified atom stereocenters. The summed E-state index contributed by atoms with van der Waals surface area (Å²) in [6.45, 7) is 0.723. The Hall–Kier alpha value is -1.27. The van der Waals surface area contributed by atoms with Crippen molar-refractivity contribution < 1.29 is 22.8 Å². The van der Waals surface area contributed by atoms with Crippen molar-refractivity contribution in [1.82, 2.24) is 10.2 Å². The second-order valence-electron chi connectivity index (χ2n) is 3.35. The summed E-state index contributed by atoms with van der Waals surface area (Å²) in [5.41, 5.74) is 0. The van der Waals surface area contributed by atoms with E-state index in [0.29, 0.717) is 0 Å². The lowest BCUT2D eigenvalue weighted by atomic mass is 10.2. The molecule has 0 aliphatic carbocycles. The van der Waals surface area contributed by atoms with Crippen LogP contribution in [0.1, 0.15) is 13.3 Å². The van der Waals surface area contributed by atoms with Crippen molar-refractivity contribution in [3.8, 4) is 0 Å². The third-order valence-electron chi connectivity index (χ3n) is 2.22. The SMILES string of the molecule is CC1C(=O)NCC(=O)N1CCC(F)(F)F. The molecule has 2 amide bonds. The number of nitrogens with zero attached hydrogens (tertiary/aromatic N) is 1. The summed E-state index contributed by atoms with van der Waals surface area (Å²) < 4.78 is 35.8. The van der Waals surface area contributed by atoms with E-state index >= 15 is 0 Å². The highest BCUT2D eigenvalue weighted by Gasteiger charge is 2.34. The van der Waals surface area contributed by atoms with Crippen LogP contribution in [-0.4, -0.2) is 42.0 Å². The minimum Gasteiger partial charge on any atom is -0.345 e. The number of alkyl halides is 3. The predicted molar refractivity (Wildman–Crippen MR) is 44.9 cm³/mol. The standard InChI is InChI=1S/C8H11F3N2O2/c1-5-7(15)12-4-6(14)13(5)3-2-8(9,10)11/h5H,2-4H2,1H3,(H,12,15).